The molecule has 0 amide bonds. The SMILES string of the molecule is C[C@H](N=C=O)c1ccc(O)cc1. The van der Waals surface area contributed by atoms with Gasteiger partial charge < -0.3 is 5.11 Å². The second-order valence-corrected chi connectivity index (χ2v) is 2.49. The van der Waals surface area contributed by atoms with E-state index in [0.717, 1.165) is 5.56 Å². The van der Waals surface area contributed by atoms with E-state index in [0.29, 0.717) is 0 Å². The molecule has 0 unspecified atom stereocenters. The maximum absolute atomic E-state index is 9.91. The molecule has 3 heteroatoms. The lowest BCUT2D eigenvalue weighted by Gasteiger charge is -2.02. The predicted molar refractivity (Wildman–Crippen MR) is 44.6 cm³/mol. The largest absolute Gasteiger partial charge is 0.508 e. The Labute approximate surface area is 70.4 Å². The van der Waals surface area contributed by atoms with Gasteiger partial charge in [0.05, 0.1) is 6.04 Å². The van der Waals surface area contributed by atoms with E-state index in [2.05, 4.69) is 4.99 Å². The van der Waals surface area contributed by atoms with Crippen LogP contribution in [0.5, 0.6) is 5.75 Å². The number of isocyanates is 1. The van der Waals surface area contributed by atoms with Crippen LogP contribution in [-0.2, 0) is 4.79 Å². The van der Waals surface area contributed by atoms with Gasteiger partial charge in [0, 0.05) is 0 Å². The van der Waals surface area contributed by atoms with Crippen molar-refractivity contribution in [1.29, 1.82) is 0 Å². The average Bonchev–Trinajstić information content (AvgIpc) is 2.06. The Bertz CT molecular complexity index is 299. The number of phenols is 1. The molecule has 0 saturated heterocycles. The number of aromatic hydroxyl groups is 1. The summed E-state index contributed by atoms with van der Waals surface area (Å²) >= 11 is 0. The van der Waals surface area contributed by atoms with Crippen molar-refractivity contribution in [2.24, 2.45) is 4.99 Å². The van der Waals surface area contributed by atoms with Crippen LogP contribution in [0.4, 0.5) is 0 Å². The molecule has 0 bridgehead atoms. The van der Waals surface area contributed by atoms with Crippen molar-refractivity contribution in [3.05, 3.63) is 29.8 Å². The van der Waals surface area contributed by atoms with Gasteiger partial charge in [0.25, 0.3) is 0 Å². The van der Waals surface area contributed by atoms with Crippen LogP contribution >= 0.6 is 0 Å². The van der Waals surface area contributed by atoms with Crippen LogP contribution in [0.25, 0.3) is 0 Å². The molecule has 0 spiro atoms. The molecule has 0 heterocycles. The fourth-order valence-electron chi connectivity index (χ4n) is 0.906. The summed E-state index contributed by atoms with van der Waals surface area (Å²) in [6, 6.07) is 6.38. The highest BCUT2D eigenvalue weighted by atomic mass is 16.3. The number of nitrogens with zero attached hydrogens (tertiary/aromatic N) is 1. The Hall–Kier alpha value is -1.60. The highest BCUT2D eigenvalue weighted by Gasteiger charge is 2.01. The fraction of sp³-hybridized carbons (Fsp3) is 0.222. The molecule has 0 aliphatic carbocycles. The summed E-state index contributed by atoms with van der Waals surface area (Å²) in [7, 11) is 0. The molecule has 0 aliphatic rings. The zero-order chi connectivity index (χ0) is 8.97. The van der Waals surface area contributed by atoms with Gasteiger partial charge in [-0.2, -0.15) is 4.99 Å². The number of rotatable bonds is 2. The quantitative estimate of drug-likeness (QED) is 0.533. The van der Waals surface area contributed by atoms with Crippen molar-refractivity contribution >= 4 is 6.08 Å². The van der Waals surface area contributed by atoms with Crippen LogP contribution in [0.1, 0.15) is 18.5 Å². The van der Waals surface area contributed by atoms with Crippen molar-refractivity contribution in [3.8, 4) is 5.75 Å². The molecule has 1 N–H and O–H groups in total. The van der Waals surface area contributed by atoms with E-state index in [1.165, 1.54) is 6.08 Å². The van der Waals surface area contributed by atoms with Gasteiger partial charge in [0.2, 0.25) is 6.08 Å². The summed E-state index contributed by atoms with van der Waals surface area (Å²) in [5, 5.41) is 8.96. The van der Waals surface area contributed by atoms with E-state index >= 15 is 0 Å². The van der Waals surface area contributed by atoms with Crippen molar-refractivity contribution in [1.82, 2.24) is 0 Å². The molecule has 1 aromatic rings. The lowest BCUT2D eigenvalue weighted by molar-refractivity contribution is 0.475. The normalized spacial score (nSPS) is 11.8. The Morgan fingerprint density at radius 1 is 1.42 bits per heavy atom. The summed E-state index contributed by atoms with van der Waals surface area (Å²) in [4.78, 5) is 13.5. The van der Waals surface area contributed by atoms with Crippen molar-refractivity contribution in [2.75, 3.05) is 0 Å². The minimum absolute atomic E-state index is 0.192. The average molecular weight is 163 g/mol. The van der Waals surface area contributed by atoms with Crippen LogP contribution in [0, 0.1) is 0 Å². The maximum Gasteiger partial charge on any atom is 0.235 e. The standard InChI is InChI=1S/C9H9NO2/c1-7(10-6-11)8-2-4-9(12)5-3-8/h2-5,7,12H,1H3/t7-/m0/s1. The van der Waals surface area contributed by atoms with Gasteiger partial charge in [-0.15, -0.1) is 0 Å². The van der Waals surface area contributed by atoms with Crippen LogP contribution in [0.2, 0.25) is 0 Å². The molecule has 12 heavy (non-hydrogen) atoms. The van der Waals surface area contributed by atoms with Gasteiger partial charge in [0.1, 0.15) is 5.75 Å². The molecule has 0 fully saturated rings. The maximum atomic E-state index is 9.91. The van der Waals surface area contributed by atoms with Crippen LogP contribution in [0.15, 0.2) is 29.3 Å². The molecule has 3 nitrogen and oxygen atoms in total. The van der Waals surface area contributed by atoms with Gasteiger partial charge in [-0.05, 0) is 24.6 Å². The van der Waals surface area contributed by atoms with Gasteiger partial charge in [-0.1, -0.05) is 12.1 Å². The molecular formula is C9H9NO2. The van der Waals surface area contributed by atoms with E-state index in [1.54, 1.807) is 31.2 Å². The second-order valence-electron chi connectivity index (χ2n) is 2.49. The minimum Gasteiger partial charge on any atom is -0.508 e. The smallest absolute Gasteiger partial charge is 0.235 e. The van der Waals surface area contributed by atoms with Crippen LogP contribution in [0.3, 0.4) is 0 Å². The molecule has 0 radical (unpaired) electrons. The van der Waals surface area contributed by atoms with Gasteiger partial charge >= 0.3 is 0 Å². The summed E-state index contributed by atoms with van der Waals surface area (Å²) in [6.07, 6.45) is 1.49. The van der Waals surface area contributed by atoms with E-state index in [-0.39, 0.29) is 11.8 Å². The first-order chi connectivity index (χ1) is 5.74. The van der Waals surface area contributed by atoms with Gasteiger partial charge in [-0.25, -0.2) is 4.79 Å². The number of benzene rings is 1. The Balaban J connectivity index is 2.89. The molecule has 1 aromatic carbocycles. The molecule has 62 valence electrons. The first-order valence-corrected chi connectivity index (χ1v) is 3.60. The van der Waals surface area contributed by atoms with Crippen LogP contribution in [-0.4, -0.2) is 11.2 Å². The number of aliphatic imine (C=N–C) groups is 1. The van der Waals surface area contributed by atoms with Crippen molar-refractivity contribution < 1.29 is 9.90 Å². The third kappa shape index (κ3) is 1.94. The summed E-state index contributed by atoms with van der Waals surface area (Å²) < 4.78 is 0. The molecule has 0 aromatic heterocycles. The predicted octanol–water partition coefficient (Wildman–Crippen LogP) is 1.79. The zero-order valence-electron chi connectivity index (χ0n) is 6.69. The highest BCUT2D eigenvalue weighted by Crippen LogP contribution is 2.18. The topological polar surface area (TPSA) is 49.7 Å². The lowest BCUT2D eigenvalue weighted by Crippen LogP contribution is -1.87. The summed E-state index contributed by atoms with van der Waals surface area (Å²) in [6.45, 7) is 1.79. The lowest BCUT2D eigenvalue weighted by atomic mass is 10.1. The minimum atomic E-state index is -0.192. The zero-order valence-corrected chi connectivity index (χ0v) is 6.69. The third-order valence-corrected chi connectivity index (χ3v) is 1.62. The fourth-order valence-corrected chi connectivity index (χ4v) is 0.906. The van der Waals surface area contributed by atoms with E-state index < -0.39 is 0 Å². The number of phenolic OH excluding ortho intramolecular Hbond substituents is 1. The molecular weight excluding hydrogens is 154 g/mol. The number of hydrogen-bond acceptors (Lipinski definition) is 3. The second kappa shape index (κ2) is 3.69. The molecule has 0 aliphatic heterocycles. The third-order valence-electron chi connectivity index (χ3n) is 1.62. The summed E-state index contributed by atoms with van der Waals surface area (Å²) in [5.74, 6) is 0.209. The van der Waals surface area contributed by atoms with E-state index in [4.69, 9.17) is 5.11 Å². The molecule has 0 saturated carbocycles. The first-order valence-electron chi connectivity index (χ1n) is 3.60. The highest BCUT2D eigenvalue weighted by molar-refractivity contribution is 5.36. The number of hydrogen-bond donors (Lipinski definition) is 1. The van der Waals surface area contributed by atoms with Crippen LogP contribution < -0.4 is 0 Å². The Morgan fingerprint density at radius 3 is 2.50 bits per heavy atom. The summed E-state index contributed by atoms with van der Waals surface area (Å²) in [5.41, 5.74) is 0.885. The van der Waals surface area contributed by atoms with Crippen molar-refractivity contribution in [2.45, 2.75) is 13.0 Å². The number of carbonyl (C=O) groups excluding carboxylic acids is 1. The Morgan fingerprint density at radius 2 is 2.00 bits per heavy atom. The van der Waals surface area contributed by atoms with Gasteiger partial charge in [-0.3, -0.25) is 0 Å². The van der Waals surface area contributed by atoms with Gasteiger partial charge in [0.15, 0.2) is 0 Å². The Kier molecular flexibility index (Phi) is 2.62. The molecule has 1 rings (SSSR count). The van der Waals surface area contributed by atoms with E-state index in [9.17, 15) is 4.79 Å². The van der Waals surface area contributed by atoms with E-state index in [1.807, 2.05) is 0 Å². The van der Waals surface area contributed by atoms with Crippen molar-refractivity contribution in [3.63, 3.8) is 0 Å². The monoisotopic (exact) mass is 163 g/mol. The molecule has 1 atom stereocenters. The first kappa shape index (κ1) is 8.50.